The second-order valence-electron chi connectivity index (χ2n) is 7.65. The average molecular weight is 388 g/mol. The second-order valence-corrected chi connectivity index (χ2v) is 8.96. The van der Waals surface area contributed by atoms with Crippen molar-refractivity contribution in [3.8, 4) is 11.4 Å². The first-order valence-electron chi connectivity index (χ1n) is 9.85. The van der Waals surface area contributed by atoms with Crippen molar-refractivity contribution in [3.63, 3.8) is 0 Å². The lowest BCUT2D eigenvalue weighted by Crippen LogP contribution is -2.40. The van der Waals surface area contributed by atoms with Gasteiger partial charge in [-0.3, -0.25) is 9.78 Å². The number of hydrogen-bond donors (Lipinski definition) is 1. The van der Waals surface area contributed by atoms with Crippen LogP contribution in [0.15, 0.2) is 29.7 Å². The fourth-order valence-corrected chi connectivity index (χ4v) is 4.26. The number of nitrogens with one attached hydrogen (secondary N) is 1. The summed E-state index contributed by atoms with van der Waals surface area (Å²) in [4.78, 5) is 16.7. The van der Waals surface area contributed by atoms with E-state index < -0.39 is 0 Å². The van der Waals surface area contributed by atoms with Gasteiger partial charge in [-0.1, -0.05) is 44.9 Å². The van der Waals surface area contributed by atoms with E-state index in [1.807, 2.05) is 19.1 Å². The molecule has 1 N–H and O–H groups in total. The van der Waals surface area contributed by atoms with Crippen LogP contribution in [0.3, 0.4) is 0 Å². The fourth-order valence-electron chi connectivity index (χ4n) is 3.40. The van der Waals surface area contributed by atoms with E-state index in [0.717, 1.165) is 35.9 Å². The smallest absolute Gasteiger partial charge is 0.233 e. The molecule has 0 spiro atoms. The highest BCUT2D eigenvalue weighted by atomic mass is 32.2. The molecule has 1 amide bonds. The minimum Gasteiger partial charge on any atom is -0.352 e. The van der Waals surface area contributed by atoms with E-state index in [0.29, 0.717) is 12.0 Å². The molecule has 27 heavy (non-hydrogen) atoms. The highest BCUT2D eigenvalue weighted by Gasteiger charge is 2.23. The molecule has 2 aromatic heterocycles. The van der Waals surface area contributed by atoms with Gasteiger partial charge < -0.3 is 9.88 Å². The number of thioether (sulfide) groups is 1. The SMILES string of the molecule is CC(C)Cn1c(SC(C)C(=O)NC2CCCCC2)nnc1-c1ccncc1. The minimum absolute atomic E-state index is 0.0939. The van der Waals surface area contributed by atoms with Crippen LogP contribution in [0, 0.1) is 5.92 Å². The number of amides is 1. The van der Waals surface area contributed by atoms with Gasteiger partial charge in [-0.2, -0.15) is 0 Å². The van der Waals surface area contributed by atoms with Crippen LogP contribution in [0.5, 0.6) is 0 Å². The van der Waals surface area contributed by atoms with E-state index in [1.54, 1.807) is 12.4 Å². The van der Waals surface area contributed by atoms with Gasteiger partial charge in [0, 0.05) is 30.5 Å². The van der Waals surface area contributed by atoms with E-state index in [1.165, 1.54) is 31.0 Å². The molecule has 0 aromatic carbocycles. The molecule has 2 aromatic rings. The molecule has 3 rings (SSSR count). The van der Waals surface area contributed by atoms with Crippen LogP contribution < -0.4 is 5.32 Å². The van der Waals surface area contributed by atoms with Crippen LogP contribution in [0.25, 0.3) is 11.4 Å². The molecule has 1 aliphatic carbocycles. The third kappa shape index (κ3) is 5.31. The Morgan fingerprint density at radius 1 is 1.19 bits per heavy atom. The normalized spacial score (nSPS) is 16.4. The molecule has 1 unspecified atom stereocenters. The highest BCUT2D eigenvalue weighted by Crippen LogP contribution is 2.28. The number of carbonyl (C=O) groups is 1. The zero-order valence-corrected chi connectivity index (χ0v) is 17.2. The quantitative estimate of drug-likeness (QED) is 0.729. The van der Waals surface area contributed by atoms with Crippen molar-refractivity contribution in [3.05, 3.63) is 24.5 Å². The van der Waals surface area contributed by atoms with Gasteiger partial charge in [-0.25, -0.2) is 0 Å². The maximum Gasteiger partial charge on any atom is 0.233 e. The maximum atomic E-state index is 12.6. The second kappa shape index (κ2) is 9.35. The Kier molecular flexibility index (Phi) is 6.88. The molecule has 7 heteroatoms. The summed E-state index contributed by atoms with van der Waals surface area (Å²) >= 11 is 1.49. The number of carbonyl (C=O) groups excluding carboxylic acids is 1. The van der Waals surface area contributed by atoms with Gasteiger partial charge in [-0.15, -0.1) is 10.2 Å². The van der Waals surface area contributed by atoms with E-state index >= 15 is 0 Å². The van der Waals surface area contributed by atoms with E-state index in [9.17, 15) is 4.79 Å². The number of aromatic nitrogens is 4. The summed E-state index contributed by atoms with van der Waals surface area (Å²) in [6.07, 6.45) is 9.42. The molecule has 1 atom stereocenters. The Hall–Kier alpha value is -1.89. The summed E-state index contributed by atoms with van der Waals surface area (Å²) in [5.74, 6) is 1.37. The van der Waals surface area contributed by atoms with Crippen LogP contribution in [0.2, 0.25) is 0 Å². The molecule has 1 saturated carbocycles. The van der Waals surface area contributed by atoms with Gasteiger partial charge in [0.05, 0.1) is 5.25 Å². The zero-order valence-electron chi connectivity index (χ0n) is 16.4. The van der Waals surface area contributed by atoms with Crippen LogP contribution in [0.4, 0.5) is 0 Å². The molecule has 1 fully saturated rings. The van der Waals surface area contributed by atoms with Gasteiger partial charge in [0.2, 0.25) is 5.91 Å². The summed E-state index contributed by atoms with van der Waals surface area (Å²) in [5.41, 5.74) is 0.990. The van der Waals surface area contributed by atoms with Crippen molar-refractivity contribution in [2.45, 2.75) is 75.9 Å². The van der Waals surface area contributed by atoms with Crippen molar-refractivity contribution < 1.29 is 4.79 Å². The Bertz CT molecular complexity index is 740. The van der Waals surface area contributed by atoms with Crippen LogP contribution in [0.1, 0.15) is 52.9 Å². The number of nitrogens with zero attached hydrogens (tertiary/aromatic N) is 4. The lowest BCUT2D eigenvalue weighted by molar-refractivity contribution is -0.121. The van der Waals surface area contributed by atoms with E-state index in [4.69, 9.17) is 0 Å². The standard InChI is InChI=1S/C20H29N5OS/c1-14(2)13-25-18(16-9-11-21-12-10-16)23-24-20(25)27-15(3)19(26)22-17-7-5-4-6-8-17/h9-12,14-15,17H,4-8,13H2,1-3H3,(H,22,26). The van der Waals surface area contributed by atoms with Crippen LogP contribution >= 0.6 is 11.8 Å². The Balaban J connectivity index is 1.73. The minimum atomic E-state index is -0.202. The first-order chi connectivity index (χ1) is 13.0. The molecular formula is C20H29N5OS. The van der Waals surface area contributed by atoms with E-state index in [2.05, 4.69) is 38.9 Å². The van der Waals surface area contributed by atoms with Crippen molar-refractivity contribution >= 4 is 17.7 Å². The molecule has 0 saturated heterocycles. The number of hydrogen-bond acceptors (Lipinski definition) is 5. The predicted molar refractivity (Wildman–Crippen MR) is 108 cm³/mol. The maximum absolute atomic E-state index is 12.6. The summed E-state index contributed by atoms with van der Waals surface area (Å²) in [5, 5.41) is 12.6. The summed E-state index contributed by atoms with van der Waals surface area (Å²) in [6.45, 7) is 7.10. The highest BCUT2D eigenvalue weighted by molar-refractivity contribution is 8.00. The van der Waals surface area contributed by atoms with Crippen molar-refractivity contribution in [2.75, 3.05) is 0 Å². The Morgan fingerprint density at radius 3 is 2.56 bits per heavy atom. The Labute approximate surface area is 165 Å². The van der Waals surface area contributed by atoms with Crippen molar-refractivity contribution in [1.82, 2.24) is 25.1 Å². The van der Waals surface area contributed by atoms with Crippen molar-refractivity contribution in [1.29, 1.82) is 0 Å². The van der Waals surface area contributed by atoms with Gasteiger partial charge in [0.25, 0.3) is 0 Å². The number of pyridine rings is 1. The average Bonchev–Trinajstić information content (AvgIpc) is 3.05. The zero-order chi connectivity index (χ0) is 19.2. The van der Waals surface area contributed by atoms with Crippen molar-refractivity contribution in [2.24, 2.45) is 5.92 Å². The number of rotatable bonds is 7. The lowest BCUT2D eigenvalue weighted by atomic mass is 9.95. The van der Waals surface area contributed by atoms with Gasteiger partial charge in [0.1, 0.15) is 0 Å². The third-order valence-corrected chi connectivity index (χ3v) is 5.89. The monoisotopic (exact) mass is 387 g/mol. The molecule has 0 bridgehead atoms. The molecule has 0 aliphatic heterocycles. The fraction of sp³-hybridized carbons (Fsp3) is 0.600. The lowest BCUT2D eigenvalue weighted by Gasteiger charge is -2.24. The summed E-state index contributed by atoms with van der Waals surface area (Å²) in [7, 11) is 0. The molecule has 0 radical (unpaired) electrons. The predicted octanol–water partition coefficient (Wildman–Crippen LogP) is 3.93. The van der Waals surface area contributed by atoms with Gasteiger partial charge in [0.15, 0.2) is 11.0 Å². The first kappa shape index (κ1) is 19.9. The topological polar surface area (TPSA) is 72.7 Å². The summed E-state index contributed by atoms with van der Waals surface area (Å²) in [6, 6.07) is 4.21. The summed E-state index contributed by atoms with van der Waals surface area (Å²) < 4.78 is 2.12. The molecule has 146 valence electrons. The largest absolute Gasteiger partial charge is 0.352 e. The van der Waals surface area contributed by atoms with E-state index in [-0.39, 0.29) is 11.2 Å². The van der Waals surface area contributed by atoms with Crippen LogP contribution in [-0.4, -0.2) is 36.9 Å². The van der Waals surface area contributed by atoms with Gasteiger partial charge >= 0.3 is 0 Å². The molecule has 2 heterocycles. The Morgan fingerprint density at radius 2 is 1.89 bits per heavy atom. The van der Waals surface area contributed by atoms with Crippen LogP contribution in [-0.2, 0) is 11.3 Å². The molecular weight excluding hydrogens is 358 g/mol. The molecule has 6 nitrogen and oxygen atoms in total. The van der Waals surface area contributed by atoms with Gasteiger partial charge in [-0.05, 0) is 37.8 Å². The molecule has 1 aliphatic rings. The first-order valence-corrected chi connectivity index (χ1v) is 10.7. The third-order valence-electron chi connectivity index (χ3n) is 4.81.